The van der Waals surface area contributed by atoms with Crippen molar-refractivity contribution in [2.45, 2.75) is 33.6 Å². The van der Waals surface area contributed by atoms with E-state index in [4.69, 9.17) is 0 Å². The molecule has 0 saturated heterocycles. The van der Waals surface area contributed by atoms with Crippen LogP contribution in [0.15, 0.2) is 0 Å². The highest BCUT2D eigenvalue weighted by molar-refractivity contribution is 7.99. The molecule has 0 spiro atoms. The fourth-order valence-corrected chi connectivity index (χ4v) is 1.71. The van der Waals surface area contributed by atoms with Crippen LogP contribution in [-0.2, 0) is 4.79 Å². The summed E-state index contributed by atoms with van der Waals surface area (Å²) in [5, 5.41) is 0. The third kappa shape index (κ3) is 4.46. The Morgan fingerprint density at radius 1 is 1.27 bits per heavy atom. The normalized spacial score (nSPS) is 10.5. The lowest BCUT2D eigenvalue weighted by Gasteiger charge is -2.09. The SMILES string of the molecule is CCSCC(=O)C(CC)CC. The highest BCUT2D eigenvalue weighted by Gasteiger charge is 2.12. The summed E-state index contributed by atoms with van der Waals surface area (Å²) in [5.74, 6) is 2.50. The molecule has 0 fully saturated rings. The van der Waals surface area contributed by atoms with E-state index in [1.165, 1.54) is 0 Å². The van der Waals surface area contributed by atoms with Gasteiger partial charge in [-0.25, -0.2) is 0 Å². The Kier molecular flexibility index (Phi) is 6.73. The van der Waals surface area contributed by atoms with E-state index in [0.717, 1.165) is 18.6 Å². The van der Waals surface area contributed by atoms with Gasteiger partial charge in [0.1, 0.15) is 5.78 Å². The van der Waals surface area contributed by atoms with Gasteiger partial charge in [-0.2, -0.15) is 11.8 Å². The second-order valence-electron chi connectivity index (χ2n) is 2.62. The summed E-state index contributed by atoms with van der Waals surface area (Å²) in [6.45, 7) is 6.26. The summed E-state index contributed by atoms with van der Waals surface area (Å²) in [4.78, 5) is 11.3. The van der Waals surface area contributed by atoms with Crippen LogP contribution in [0, 0.1) is 5.92 Å². The Balaban J connectivity index is 3.61. The van der Waals surface area contributed by atoms with Crippen LogP contribution in [0.3, 0.4) is 0 Å². The summed E-state index contributed by atoms with van der Waals surface area (Å²) < 4.78 is 0. The van der Waals surface area contributed by atoms with E-state index >= 15 is 0 Å². The molecule has 0 atom stereocenters. The number of carbonyl (C=O) groups is 1. The van der Waals surface area contributed by atoms with Gasteiger partial charge in [0, 0.05) is 5.92 Å². The van der Waals surface area contributed by atoms with Crippen molar-refractivity contribution in [2.75, 3.05) is 11.5 Å². The van der Waals surface area contributed by atoms with Crippen LogP contribution in [0.2, 0.25) is 0 Å². The van der Waals surface area contributed by atoms with Crippen LogP contribution in [0.25, 0.3) is 0 Å². The van der Waals surface area contributed by atoms with Crippen molar-refractivity contribution < 1.29 is 4.79 Å². The number of ketones is 1. The van der Waals surface area contributed by atoms with Crippen LogP contribution < -0.4 is 0 Å². The average Bonchev–Trinajstić information content (AvgIpc) is 2.03. The monoisotopic (exact) mass is 174 g/mol. The maximum atomic E-state index is 11.3. The van der Waals surface area contributed by atoms with Gasteiger partial charge < -0.3 is 0 Å². The van der Waals surface area contributed by atoms with E-state index in [1.54, 1.807) is 11.8 Å². The summed E-state index contributed by atoms with van der Waals surface area (Å²) in [6, 6.07) is 0. The molecular weight excluding hydrogens is 156 g/mol. The minimum Gasteiger partial charge on any atom is -0.298 e. The first kappa shape index (κ1) is 11.0. The number of hydrogen-bond donors (Lipinski definition) is 0. The Morgan fingerprint density at radius 2 is 1.82 bits per heavy atom. The molecule has 0 N–H and O–H groups in total. The standard InChI is InChI=1S/C9H18OS/c1-4-8(5-2)9(10)7-11-6-3/h8H,4-7H2,1-3H3. The number of Topliss-reactive ketones (excluding diaryl/α,β-unsaturated/α-hetero) is 1. The largest absolute Gasteiger partial charge is 0.298 e. The molecule has 0 aromatic carbocycles. The predicted octanol–water partition coefficient (Wildman–Crippen LogP) is 2.74. The highest BCUT2D eigenvalue weighted by Crippen LogP contribution is 2.12. The van der Waals surface area contributed by atoms with Crippen molar-refractivity contribution in [2.24, 2.45) is 5.92 Å². The van der Waals surface area contributed by atoms with Crippen molar-refractivity contribution in [1.82, 2.24) is 0 Å². The number of carbonyl (C=O) groups excluding carboxylic acids is 1. The van der Waals surface area contributed by atoms with E-state index in [-0.39, 0.29) is 0 Å². The number of rotatable bonds is 6. The Hall–Kier alpha value is 0.0200. The van der Waals surface area contributed by atoms with Crippen LogP contribution >= 0.6 is 11.8 Å². The van der Waals surface area contributed by atoms with Crippen molar-refractivity contribution in [3.63, 3.8) is 0 Å². The Labute approximate surface area is 73.9 Å². The molecule has 0 aromatic rings. The first-order chi connectivity index (χ1) is 5.26. The van der Waals surface area contributed by atoms with Gasteiger partial charge in [-0.3, -0.25) is 4.79 Å². The molecule has 0 amide bonds. The third-order valence-electron chi connectivity index (χ3n) is 1.89. The van der Waals surface area contributed by atoms with Gasteiger partial charge in [0.2, 0.25) is 0 Å². The van der Waals surface area contributed by atoms with Gasteiger partial charge in [0.15, 0.2) is 0 Å². The zero-order valence-corrected chi connectivity index (χ0v) is 8.54. The van der Waals surface area contributed by atoms with E-state index in [9.17, 15) is 4.79 Å². The molecule has 2 heteroatoms. The Bertz CT molecular complexity index is 108. The molecule has 66 valence electrons. The maximum absolute atomic E-state index is 11.3. The average molecular weight is 174 g/mol. The summed E-state index contributed by atoms with van der Waals surface area (Å²) >= 11 is 1.73. The molecule has 0 bridgehead atoms. The van der Waals surface area contributed by atoms with Gasteiger partial charge in [-0.05, 0) is 18.6 Å². The molecule has 0 saturated carbocycles. The summed E-state index contributed by atoms with van der Waals surface area (Å²) in [5.41, 5.74) is 0. The molecule has 0 aliphatic rings. The Morgan fingerprint density at radius 3 is 2.18 bits per heavy atom. The third-order valence-corrected chi connectivity index (χ3v) is 2.79. The van der Waals surface area contributed by atoms with Crippen LogP contribution in [0.5, 0.6) is 0 Å². The molecule has 0 aliphatic heterocycles. The molecule has 0 aromatic heterocycles. The van der Waals surface area contributed by atoms with E-state index in [0.29, 0.717) is 17.5 Å². The fraction of sp³-hybridized carbons (Fsp3) is 0.889. The van der Waals surface area contributed by atoms with Crippen LogP contribution in [0.4, 0.5) is 0 Å². The van der Waals surface area contributed by atoms with E-state index in [2.05, 4.69) is 20.8 Å². The van der Waals surface area contributed by atoms with Crippen LogP contribution in [0.1, 0.15) is 33.6 Å². The van der Waals surface area contributed by atoms with Crippen molar-refractivity contribution in [1.29, 1.82) is 0 Å². The summed E-state index contributed by atoms with van der Waals surface area (Å²) in [7, 11) is 0. The maximum Gasteiger partial charge on any atom is 0.145 e. The van der Waals surface area contributed by atoms with Gasteiger partial charge in [0.05, 0.1) is 5.75 Å². The smallest absolute Gasteiger partial charge is 0.145 e. The minimum absolute atomic E-state index is 0.314. The lowest BCUT2D eigenvalue weighted by atomic mass is 10.00. The molecule has 0 unspecified atom stereocenters. The topological polar surface area (TPSA) is 17.1 Å². The lowest BCUT2D eigenvalue weighted by Crippen LogP contribution is -2.14. The molecule has 0 radical (unpaired) electrons. The second kappa shape index (κ2) is 6.71. The lowest BCUT2D eigenvalue weighted by molar-refractivity contribution is -0.120. The molecular formula is C9H18OS. The molecule has 0 heterocycles. The zero-order chi connectivity index (χ0) is 8.69. The quantitative estimate of drug-likeness (QED) is 0.616. The second-order valence-corrected chi connectivity index (χ2v) is 3.89. The molecule has 0 aliphatic carbocycles. The molecule has 1 nitrogen and oxygen atoms in total. The molecule has 11 heavy (non-hydrogen) atoms. The van der Waals surface area contributed by atoms with Gasteiger partial charge in [-0.15, -0.1) is 0 Å². The van der Waals surface area contributed by atoms with Gasteiger partial charge in [-0.1, -0.05) is 20.8 Å². The minimum atomic E-state index is 0.314. The van der Waals surface area contributed by atoms with Crippen molar-refractivity contribution in [3.05, 3.63) is 0 Å². The summed E-state index contributed by atoms with van der Waals surface area (Å²) in [6.07, 6.45) is 2.00. The van der Waals surface area contributed by atoms with E-state index in [1.807, 2.05) is 0 Å². The van der Waals surface area contributed by atoms with Crippen molar-refractivity contribution >= 4 is 17.5 Å². The van der Waals surface area contributed by atoms with Gasteiger partial charge in [0.25, 0.3) is 0 Å². The highest BCUT2D eigenvalue weighted by atomic mass is 32.2. The first-order valence-electron chi connectivity index (χ1n) is 4.36. The predicted molar refractivity (Wildman–Crippen MR) is 52.1 cm³/mol. The fourth-order valence-electron chi connectivity index (χ4n) is 1.06. The van der Waals surface area contributed by atoms with Crippen molar-refractivity contribution in [3.8, 4) is 0 Å². The van der Waals surface area contributed by atoms with E-state index < -0.39 is 0 Å². The first-order valence-corrected chi connectivity index (χ1v) is 5.52. The van der Waals surface area contributed by atoms with Crippen LogP contribution in [-0.4, -0.2) is 17.3 Å². The van der Waals surface area contributed by atoms with Gasteiger partial charge >= 0.3 is 0 Å². The number of thioether (sulfide) groups is 1. The number of hydrogen-bond acceptors (Lipinski definition) is 2. The molecule has 0 rings (SSSR count). The zero-order valence-electron chi connectivity index (χ0n) is 7.72.